The van der Waals surface area contributed by atoms with Crippen molar-refractivity contribution in [3.8, 4) is 0 Å². The van der Waals surface area contributed by atoms with Crippen LogP contribution >= 0.6 is 0 Å². The van der Waals surface area contributed by atoms with E-state index >= 15 is 0 Å². The molecule has 2 aromatic rings. The molecule has 19 heavy (non-hydrogen) atoms. The Labute approximate surface area is 115 Å². The molecular weight excluding hydrogens is 234 g/mol. The van der Waals surface area contributed by atoms with Crippen molar-refractivity contribution in [2.24, 2.45) is 0 Å². The Morgan fingerprint density at radius 3 is 2.47 bits per heavy atom. The first-order valence-electron chi connectivity index (χ1n) is 7.12. The molecule has 0 fully saturated rings. The van der Waals surface area contributed by atoms with Crippen LogP contribution in [0.1, 0.15) is 42.7 Å². The zero-order valence-corrected chi connectivity index (χ0v) is 11.9. The second-order valence-corrected chi connectivity index (χ2v) is 4.95. The highest BCUT2D eigenvalue weighted by Crippen LogP contribution is 2.20. The average Bonchev–Trinajstić information content (AvgIpc) is 2.95. The van der Waals surface area contributed by atoms with E-state index < -0.39 is 0 Å². The molecule has 1 unspecified atom stereocenters. The molecular formula is C17H23NO. The van der Waals surface area contributed by atoms with Crippen molar-refractivity contribution >= 4 is 0 Å². The maximum Gasteiger partial charge on any atom is 0.103 e. The molecule has 2 rings (SSSR count). The molecule has 0 aliphatic rings. The van der Waals surface area contributed by atoms with Crippen LogP contribution in [0.3, 0.4) is 0 Å². The predicted octanol–water partition coefficient (Wildman–Crippen LogP) is 4.13. The van der Waals surface area contributed by atoms with Crippen LogP contribution in [0.25, 0.3) is 0 Å². The molecule has 1 aromatic heterocycles. The molecule has 0 aliphatic heterocycles. The average molecular weight is 257 g/mol. The Bertz CT molecular complexity index is 459. The van der Waals surface area contributed by atoms with Crippen molar-refractivity contribution < 1.29 is 4.42 Å². The zero-order valence-electron chi connectivity index (χ0n) is 11.9. The van der Waals surface area contributed by atoms with Gasteiger partial charge in [0.1, 0.15) is 5.76 Å². The van der Waals surface area contributed by atoms with Gasteiger partial charge in [-0.05, 0) is 43.1 Å². The van der Waals surface area contributed by atoms with Crippen LogP contribution in [0.2, 0.25) is 0 Å². The molecule has 102 valence electrons. The summed E-state index contributed by atoms with van der Waals surface area (Å²) < 4.78 is 5.39. The van der Waals surface area contributed by atoms with Crippen molar-refractivity contribution in [2.45, 2.75) is 38.6 Å². The molecule has 0 bridgehead atoms. The van der Waals surface area contributed by atoms with Crippen LogP contribution in [0.4, 0.5) is 0 Å². The minimum Gasteiger partial charge on any atom is -0.469 e. The van der Waals surface area contributed by atoms with Gasteiger partial charge in [-0.1, -0.05) is 37.6 Å². The highest BCUT2D eigenvalue weighted by atomic mass is 16.3. The van der Waals surface area contributed by atoms with Gasteiger partial charge in [-0.2, -0.15) is 0 Å². The molecule has 1 heterocycles. The smallest absolute Gasteiger partial charge is 0.103 e. The fourth-order valence-corrected chi connectivity index (χ4v) is 2.42. The summed E-state index contributed by atoms with van der Waals surface area (Å²) in [7, 11) is 2.02. The highest BCUT2D eigenvalue weighted by Gasteiger charge is 2.10. The summed E-state index contributed by atoms with van der Waals surface area (Å²) in [6.45, 7) is 2.22. The fourth-order valence-electron chi connectivity index (χ4n) is 2.42. The van der Waals surface area contributed by atoms with E-state index in [1.807, 2.05) is 19.2 Å². The van der Waals surface area contributed by atoms with Crippen LogP contribution < -0.4 is 5.32 Å². The van der Waals surface area contributed by atoms with Crippen molar-refractivity contribution in [1.29, 1.82) is 0 Å². The molecule has 0 spiro atoms. The van der Waals surface area contributed by atoms with E-state index in [1.54, 1.807) is 6.26 Å². The van der Waals surface area contributed by atoms with Gasteiger partial charge in [-0.25, -0.2) is 0 Å². The van der Waals surface area contributed by atoms with Crippen LogP contribution in [0.15, 0.2) is 47.1 Å². The van der Waals surface area contributed by atoms with Crippen molar-refractivity contribution in [1.82, 2.24) is 5.32 Å². The third kappa shape index (κ3) is 3.97. The maximum atomic E-state index is 5.39. The Morgan fingerprint density at radius 2 is 1.89 bits per heavy atom. The van der Waals surface area contributed by atoms with E-state index in [-0.39, 0.29) is 0 Å². The Morgan fingerprint density at radius 1 is 1.11 bits per heavy atom. The zero-order chi connectivity index (χ0) is 13.5. The Balaban J connectivity index is 1.96. The summed E-state index contributed by atoms with van der Waals surface area (Å²) in [6.07, 6.45) is 6.12. The second-order valence-electron chi connectivity index (χ2n) is 4.95. The molecule has 0 radical (unpaired) electrons. The molecule has 2 heteroatoms. The monoisotopic (exact) mass is 257 g/mol. The number of benzene rings is 1. The van der Waals surface area contributed by atoms with E-state index in [0.717, 1.165) is 25.0 Å². The van der Waals surface area contributed by atoms with Crippen molar-refractivity contribution in [3.05, 3.63) is 59.5 Å². The minimum absolute atomic E-state index is 0.390. The number of aryl methyl sites for hydroxylation is 2. The van der Waals surface area contributed by atoms with Gasteiger partial charge in [0.2, 0.25) is 0 Å². The van der Waals surface area contributed by atoms with Crippen LogP contribution in [0, 0.1) is 0 Å². The summed E-state index contributed by atoms with van der Waals surface area (Å²) in [5, 5.41) is 3.39. The van der Waals surface area contributed by atoms with Gasteiger partial charge in [0.25, 0.3) is 0 Å². The van der Waals surface area contributed by atoms with Gasteiger partial charge in [0.05, 0.1) is 6.26 Å². The van der Waals surface area contributed by atoms with Gasteiger partial charge in [0, 0.05) is 12.5 Å². The summed E-state index contributed by atoms with van der Waals surface area (Å²) in [4.78, 5) is 0. The van der Waals surface area contributed by atoms with Gasteiger partial charge in [-0.3, -0.25) is 0 Å². The third-order valence-corrected chi connectivity index (χ3v) is 3.53. The van der Waals surface area contributed by atoms with Gasteiger partial charge < -0.3 is 9.73 Å². The van der Waals surface area contributed by atoms with Gasteiger partial charge >= 0.3 is 0 Å². The lowest BCUT2D eigenvalue weighted by Crippen LogP contribution is -2.17. The summed E-state index contributed by atoms with van der Waals surface area (Å²) in [5.74, 6) is 1.06. The lowest BCUT2D eigenvalue weighted by Gasteiger charge is -2.16. The largest absolute Gasteiger partial charge is 0.469 e. The number of rotatable bonds is 7. The van der Waals surface area contributed by atoms with Crippen LogP contribution in [-0.4, -0.2) is 7.05 Å². The number of nitrogens with one attached hydrogen (secondary N) is 1. The molecule has 1 N–H and O–H groups in total. The second kappa shape index (κ2) is 7.15. The van der Waals surface area contributed by atoms with Gasteiger partial charge in [0.15, 0.2) is 0 Å². The summed E-state index contributed by atoms with van der Waals surface area (Å²) in [5.41, 5.74) is 2.78. The quantitative estimate of drug-likeness (QED) is 0.807. The number of furan rings is 1. The Hall–Kier alpha value is -1.54. The fraction of sp³-hybridized carbons (Fsp3) is 0.412. The molecule has 0 amide bonds. The first kappa shape index (κ1) is 13.9. The van der Waals surface area contributed by atoms with Crippen LogP contribution in [-0.2, 0) is 12.8 Å². The third-order valence-electron chi connectivity index (χ3n) is 3.53. The molecule has 1 atom stereocenters. The Kier molecular flexibility index (Phi) is 5.22. The van der Waals surface area contributed by atoms with Crippen molar-refractivity contribution in [3.63, 3.8) is 0 Å². The normalized spacial score (nSPS) is 12.5. The topological polar surface area (TPSA) is 25.2 Å². The lowest BCUT2D eigenvalue weighted by molar-refractivity contribution is 0.469. The number of hydrogen-bond donors (Lipinski definition) is 1. The molecule has 0 saturated heterocycles. The first-order chi connectivity index (χ1) is 9.33. The maximum absolute atomic E-state index is 5.39. The molecule has 0 aliphatic carbocycles. The first-order valence-corrected chi connectivity index (χ1v) is 7.12. The van der Waals surface area contributed by atoms with E-state index in [0.29, 0.717) is 6.04 Å². The van der Waals surface area contributed by atoms with E-state index in [1.165, 1.54) is 17.5 Å². The SMILES string of the molecule is CCCc1ccc(C(CCc2ccco2)NC)cc1. The summed E-state index contributed by atoms with van der Waals surface area (Å²) >= 11 is 0. The highest BCUT2D eigenvalue weighted by molar-refractivity contribution is 5.25. The minimum atomic E-state index is 0.390. The predicted molar refractivity (Wildman–Crippen MR) is 79.3 cm³/mol. The lowest BCUT2D eigenvalue weighted by atomic mass is 9.99. The van der Waals surface area contributed by atoms with E-state index in [9.17, 15) is 0 Å². The van der Waals surface area contributed by atoms with E-state index in [4.69, 9.17) is 4.42 Å². The summed E-state index contributed by atoms with van der Waals surface area (Å²) in [6, 6.07) is 13.4. The van der Waals surface area contributed by atoms with E-state index in [2.05, 4.69) is 36.5 Å². The van der Waals surface area contributed by atoms with Gasteiger partial charge in [-0.15, -0.1) is 0 Å². The molecule has 1 aromatic carbocycles. The number of hydrogen-bond acceptors (Lipinski definition) is 2. The molecule has 2 nitrogen and oxygen atoms in total. The van der Waals surface area contributed by atoms with Crippen molar-refractivity contribution in [2.75, 3.05) is 7.05 Å². The standard InChI is InChI=1S/C17H23NO/c1-3-5-14-7-9-15(10-8-14)17(18-2)12-11-16-6-4-13-19-16/h4,6-10,13,17-18H,3,5,11-12H2,1-2H3. The van der Waals surface area contributed by atoms with Crippen LogP contribution in [0.5, 0.6) is 0 Å². The molecule has 0 saturated carbocycles.